The molecule has 1 nitrogen and oxygen atoms in total. The van der Waals surface area contributed by atoms with Crippen LogP contribution in [-0.4, -0.2) is 11.7 Å². The summed E-state index contributed by atoms with van der Waals surface area (Å²) in [5.41, 5.74) is 0. The summed E-state index contributed by atoms with van der Waals surface area (Å²) in [6.07, 6.45) is 26.6. The van der Waals surface area contributed by atoms with E-state index in [1.807, 2.05) is 0 Å². The first kappa shape index (κ1) is 19.5. The lowest BCUT2D eigenvalue weighted by molar-refractivity contribution is 0.283. The van der Waals surface area contributed by atoms with Gasteiger partial charge in [-0.05, 0) is 63.2 Å². The quantitative estimate of drug-likeness (QED) is 0.307. The fourth-order valence-electron chi connectivity index (χ4n) is 3.51. The molecule has 0 saturated heterocycles. The SMILES string of the molecule is CCCCCCC=C[C@H]1CCC[C@@H]1CC=CCCCCCO. The molecule has 0 aliphatic heterocycles. The molecule has 1 aliphatic carbocycles. The molecule has 0 aromatic carbocycles. The molecule has 1 heteroatoms. The van der Waals surface area contributed by atoms with E-state index < -0.39 is 0 Å². The van der Waals surface area contributed by atoms with E-state index >= 15 is 0 Å². The van der Waals surface area contributed by atoms with E-state index in [0.717, 1.165) is 24.7 Å². The van der Waals surface area contributed by atoms with Gasteiger partial charge in [-0.2, -0.15) is 0 Å². The Bertz CT molecular complexity index is 292. The minimum absolute atomic E-state index is 0.345. The summed E-state index contributed by atoms with van der Waals surface area (Å²) in [5, 5.41) is 8.75. The average Bonchev–Trinajstić information content (AvgIpc) is 2.97. The van der Waals surface area contributed by atoms with Gasteiger partial charge >= 0.3 is 0 Å². The van der Waals surface area contributed by atoms with Gasteiger partial charge in [-0.15, -0.1) is 0 Å². The van der Waals surface area contributed by atoms with Gasteiger partial charge in [0.1, 0.15) is 0 Å². The normalized spacial score (nSPS) is 22.3. The predicted octanol–water partition coefficient (Wildman–Crippen LogP) is 6.43. The molecule has 1 fully saturated rings. The number of unbranched alkanes of at least 4 members (excludes halogenated alkanes) is 7. The third kappa shape index (κ3) is 9.46. The molecule has 0 bridgehead atoms. The van der Waals surface area contributed by atoms with Gasteiger partial charge in [0.2, 0.25) is 0 Å². The zero-order chi connectivity index (χ0) is 15.9. The summed E-state index contributed by atoms with van der Waals surface area (Å²) in [5.74, 6) is 1.73. The highest BCUT2D eigenvalue weighted by Crippen LogP contribution is 2.35. The minimum atomic E-state index is 0.345. The predicted molar refractivity (Wildman–Crippen MR) is 98.0 cm³/mol. The molecular weight excluding hydrogens is 268 g/mol. The maximum absolute atomic E-state index is 8.75. The van der Waals surface area contributed by atoms with Gasteiger partial charge in [-0.3, -0.25) is 0 Å². The van der Waals surface area contributed by atoms with Gasteiger partial charge in [0.15, 0.2) is 0 Å². The van der Waals surface area contributed by atoms with E-state index in [2.05, 4.69) is 31.2 Å². The van der Waals surface area contributed by atoms with E-state index in [1.165, 1.54) is 70.6 Å². The highest BCUT2D eigenvalue weighted by Gasteiger charge is 2.23. The fourth-order valence-corrected chi connectivity index (χ4v) is 3.51. The number of allylic oxidation sites excluding steroid dienone is 4. The molecule has 128 valence electrons. The van der Waals surface area contributed by atoms with Crippen LogP contribution in [0.1, 0.15) is 90.4 Å². The first-order chi connectivity index (χ1) is 10.9. The van der Waals surface area contributed by atoms with Crippen LogP contribution in [0.5, 0.6) is 0 Å². The maximum atomic E-state index is 8.75. The summed E-state index contributed by atoms with van der Waals surface area (Å²) in [4.78, 5) is 0. The van der Waals surface area contributed by atoms with Crippen molar-refractivity contribution in [3.63, 3.8) is 0 Å². The van der Waals surface area contributed by atoms with E-state index in [4.69, 9.17) is 5.11 Å². The summed E-state index contributed by atoms with van der Waals surface area (Å²) in [6.45, 7) is 2.62. The highest BCUT2D eigenvalue weighted by atomic mass is 16.2. The second kappa shape index (κ2) is 14.1. The van der Waals surface area contributed by atoms with Gasteiger partial charge in [-0.1, -0.05) is 63.3 Å². The van der Waals surface area contributed by atoms with Gasteiger partial charge in [0.25, 0.3) is 0 Å². The van der Waals surface area contributed by atoms with Crippen LogP contribution in [0.15, 0.2) is 24.3 Å². The van der Waals surface area contributed by atoms with Gasteiger partial charge in [-0.25, -0.2) is 0 Å². The van der Waals surface area contributed by atoms with Crippen molar-refractivity contribution in [1.29, 1.82) is 0 Å². The third-order valence-corrected chi connectivity index (χ3v) is 4.96. The van der Waals surface area contributed by atoms with E-state index in [-0.39, 0.29) is 0 Å². The Morgan fingerprint density at radius 2 is 1.64 bits per heavy atom. The lowest BCUT2D eigenvalue weighted by Crippen LogP contribution is -2.03. The van der Waals surface area contributed by atoms with E-state index in [0.29, 0.717) is 6.61 Å². The Morgan fingerprint density at radius 1 is 0.864 bits per heavy atom. The lowest BCUT2D eigenvalue weighted by atomic mass is 9.92. The van der Waals surface area contributed by atoms with Crippen LogP contribution >= 0.6 is 0 Å². The van der Waals surface area contributed by atoms with Crippen LogP contribution in [0.3, 0.4) is 0 Å². The zero-order valence-electron chi connectivity index (χ0n) is 14.8. The standard InChI is InChI=1S/C21H38O/c1-2-3-4-5-8-11-15-20-17-14-18-21(20)16-12-9-6-7-10-13-19-22/h9,11-12,15,20-22H,2-8,10,13-14,16-19H2,1H3/t20-,21-/m0/s1. The van der Waals surface area contributed by atoms with Crippen molar-refractivity contribution in [2.75, 3.05) is 6.61 Å². The number of aliphatic hydroxyl groups excluding tert-OH is 1. The molecule has 1 N–H and O–H groups in total. The molecule has 1 aliphatic rings. The Morgan fingerprint density at radius 3 is 2.41 bits per heavy atom. The monoisotopic (exact) mass is 306 g/mol. The number of hydrogen-bond donors (Lipinski definition) is 1. The van der Waals surface area contributed by atoms with Gasteiger partial charge in [0.05, 0.1) is 0 Å². The van der Waals surface area contributed by atoms with E-state index in [9.17, 15) is 0 Å². The molecule has 0 amide bonds. The van der Waals surface area contributed by atoms with Crippen LogP contribution in [0, 0.1) is 11.8 Å². The second-order valence-corrected chi connectivity index (χ2v) is 6.91. The Hall–Kier alpha value is -0.560. The van der Waals surface area contributed by atoms with Gasteiger partial charge in [0, 0.05) is 6.61 Å². The van der Waals surface area contributed by atoms with Crippen LogP contribution in [0.2, 0.25) is 0 Å². The smallest absolute Gasteiger partial charge is 0.0431 e. The summed E-state index contributed by atoms with van der Waals surface area (Å²) < 4.78 is 0. The first-order valence-electron chi connectivity index (χ1n) is 9.81. The fraction of sp³-hybridized carbons (Fsp3) is 0.810. The van der Waals surface area contributed by atoms with Crippen LogP contribution in [0.25, 0.3) is 0 Å². The molecule has 0 radical (unpaired) electrons. The number of hydrogen-bond acceptors (Lipinski definition) is 1. The Kier molecular flexibility index (Phi) is 12.5. The summed E-state index contributed by atoms with van der Waals surface area (Å²) in [6, 6.07) is 0. The van der Waals surface area contributed by atoms with Crippen molar-refractivity contribution in [2.24, 2.45) is 11.8 Å². The molecule has 0 heterocycles. The molecule has 1 saturated carbocycles. The number of aliphatic hydroxyl groups is 1. The van der Waals surface area contributed by atoms with Crippen molar-refractivity contribution in [3.8, 4) is 0 Å². The largest absolute Gasteiger partial charge is 0.396 e. The molecule has 0 spiro atoms. The molecule has 0 aromatic rings. The maximum Gasteiger partial charge on any atom is 0.0431 e. The lowest BCUT2D eigenvalue weighted by Gasteiger charge is -2.14. The minimum Gasteiger partial charge on any atom is -0.396 e. The molecule has 22 heavy (non-hydrogen) atoms. The van der Waals surface area contributed by atoms with Crippen molar-refractivity contribution < 1.29 is 5.11 Å². The average molecular weight is 307 g/mol. The van der Waals surface area contributed by atoms with Crippen molar-refractivity contribution >= 4 is 0 Å². The molecule has 2 atom stereocenters. The summed E-state index contributed by atoms with van der Waals surface area (Å²) >= 11 is 0. The van der Waals surface area contributed by atoms with E-state index in [1.54, 1.807) is 0 Å². The Labute approximate surface area is 138 Å². The molecule has 0 unspecified atom stereocenters. The third-order valence-electron chi connectivity index (χ3n) is 4.96. The van der Waals surface area contributed by atoms with Crippen molar-refractivity contribution in [1.82, 2.24) is 0 Å². The second-order valence-electron chi connectivity index (χ2n) is 6.91. The summed E-state index contributed by atoms with van der Waals surface area (Å²) in [7, 11) is 0. The highest BCUT2D eigenvalue weighted by molar-refractivity contribution is 4.97. The Balaban J connectivity index is 2.11. The van der Waals surface area contributed by atoms with Crippen LogP contribution < -0.4 is 0 Å². The topological polar surface area (TPSA) is 20.2 Å². The van der Waals surface area contributed by atoms with Crippen LogP contribution in [0.4, 0.5) is 0 Å². The van der Waals surface area contributed by atoms with Crippen molar-refractivity contribution in [2.45, 2.75) is 90.4 Å². The first-order valence-corrected chi connectivity index (χ1v) is 9.81. The molecular formula is C21H38O. The number of rotatable bonds is 13. The van der Waals surface area contributed by atoms with Crippen LogP contribution in [-0.2, 0) is 0 Å². The van der Waals surface area contributed by atoms with Crippen molar-refractivity contribution in [3.05, 3.63) is 24.3 Å². The molecule has 0 aromatic heterocycles. The zero-order valence-corrected chi connectivity index (χ0v) is 14.8. The molecule has 1 rings (SSSR count). The van der Waals surface area contributed by atoms with Gasteiger partial charge < -0.3 is 5.11 Å².